The maximum absolute atomic E-state index is 11.1. The topological polar surface area (TPSA) is 66.8 Å². The van der Waals surface area contributed by atoms with Crippen LogP contribution in [0.15, 0.2) is 23.8 Å². The predicted octanol–water partition coefficient (Wildman–Crippen LogP) is 2.46. The van der Waals surface area contributed by atoms with E-state index in [0.29, 0.717) is 25.7 Å². The van der Waals surface area contributed by atoms with Crippen molar-refractivity contribution in [2.24, 2.45) is 5.92 Å². The molecule has 0 aliphatic carbocycles. The summed E-state index contributed by atoms with van der Waals surface area (Å²) in [4.78, 5) is 10.6. The Hall–Kier alpha value is -0.700. The zero-order valence-electron chi connectivity index (χ0n) is 13.3. The Morgan fingerprint density at radius 1 is 1.43 bits per heavy atom. The molecule has 0 fully saturated rings. The summed E-state index contributed by atoms with van der Waals surface area (Å²) in [5.74, 6) is -0.0738. The van der Waals surface area contributed by atoms with Crippen molar-refractivity contribution >= 4 is 15.7 Å². The number of carbonyl (C=O) groups excluding carboxylic acids is 1. The average Bonchev–Trinajstić information content (AvgIpc) is 2.45. The molecule has 21 heavy (non-hydrogen) atoms. The van der Waals surface area contributed by atoms with E-state index in [0.717, 1.165) is 11.7 Å². The highest BCUT2D eigenvalue weighted by Gasteiger charge is 2.40. The van der Waals surface area contributed by atoms with E-state index in [1.54, 1.807) is 6.92 Å². The Balaban J connectivity index is 5.27. The summed E-state index contributed by atoms with van der Waals surface area (Å²) in [6.07, 6.45) is 7.67. The number of allylic oxidation sites excluding steroid dienone is 3. The van der Waals surface area contributed by atoms with Crippen LogP contribution in [0.25, 0.3) is 0 Å². The Labute approximate surface area is 130 Å². The molecule has 4 unspecified atom stereocenters. The first-order valence-electron chi connectivity index (χ1n) is 7.37. The molecule has 4 nitrogen and oxygen atoms in total. The fourth-order valence-electron chi connectivity index (χ4n) is 2.40. The largest absolute Gasteiger partial charge is 0.462 e. The van der Waals surface area contributed by atoms with E-state index in [1.807, 2.05) is 32.1 Å². The van der Waals surface area contributed by atoms with Crippen LogP contribution in [0.3, 0.4) is 0 Å². The molecule has 0 rings (SSSR count). The maximum Gasteiger partial charge on any atom is 0.293 e. The van der Waals surface area contributed by atoms with Gasteiger partial charge in [-0.15, -0.1) is 9.24 Å². The third kappa shape index (κ3) is 6.73. The van der Waals surface area contributed by atoms with Crippen LogP contribution in [0, 0.1) is 5.92 Å². The van der Waals surface area contributed by atoms with Gasteiger partial charge in [0.25, 0.3) is 6.47 Å². The van der Waals surface area contributed by atoms with Gasteiger partial charge in [0, 0.05) is 13.0 Å². The number of rotatable bonds is 11. The molecule has 0 heterocycles. The fraction of sp³-hybridized carbons (Fsp3) is 0.688. The second kappa shape index (κ2) is 10.9. The fourth-order valence-corrected chi connectivity index (χ4v) is 2.73. The third-order valence-corrected chi connectivity index (χ3v) is 4.13. The van der Waals surface area contributed by atoms with Gasteiger partial charge in [-0.05, 0) is 38.8 Å². The minimum atomic E-state index is -1.15. The number of aliphatic hydroxyl groups is 2. The van der Waals surface area contributed by atoms with Crippen LogP contribution in [0.2, 0.25) is 0 Å². The van der Waals surface area contributed by atoms with Crippen LogP contribution in [0.4, 0.5) is 0 Å². The molecule has 0 saturated heterocycles. The molecule has 0 amide bonds. The van der Waals surface area contributed by atoms with Crippen molar-refractivity contribution in [2.45, 2.75) is 51.7 Å². The first kappa shape index (κ1) is 20.3. The van der Waals surface area contributed by atoms with Crippen LogP contribution < -0.4 is 0 Å². The smallest absolute Gasteiger partial charge is 0.293 e. The van der Waals surface area contributed by atoms with Gasteiger partial charge in [-0.3, -0.25) is 4.79 Å². The van der Waals surface area contributed by atoms with Crippen LogP contribution in [-0.4, -0.2) is 41.2 Å². The molecule has 0 bridgehead atoms. The van der Waals surface area contributed by atoms with Crippen molar-refractivity contribution < 1.29 is 19.7 Å². The van der Waals surface area contributed by atoms with Crippen LogP contribution in [-0.2, 0) is 9.53 Å². The first-order valence-corrected chi connectivity index (χ1v) is 8.19. The van der Waals surface area contributed by atoms with Crippen LogP contribution >= 0.6 is 9.24 Å². The third-order valence-electron chi connectivity index (χ3n) is 3.89. The molecule has 0 aromatic rings. The Bertz CT molecular complexity index is 354. The van der Waals surface area contributed by atoms with Crippen molar-refractivity contribution in [3.05, 3.63) is 23.8 Å². The zero-order valence-corrected chi connectivity index (χ0v) is 14.4. The number of aliphatic hydroxyl groups excluding tert-OH is 1. The number of carbonyl (C=O) groups is 1. The SMILES string of the molecule is C/C=C/CC(C)C(O)(C/C(=C/CP)CCO)C(C)OC=O. The molecule has 5 heteroatoms. The summed E-state index contributed by atoms with van der Waals surface area (Å²) >= 11 is 0. The number of ether oxygens (including phenoxy) is 1. The molecule has 4 atom stereocenters. The minimum absolute atomic E-state index is 0.0404. The normalized spacial score (nSPS) is 18.3. The number of hydrogen-bond acceptors (Lipinski definition) is 4. The molecule has 0 aliphatic heterocycles. The van der Waals surface area contributed by atoms with Gasteiger partial charge < -0.3 is 14.9 Å². The molecule has 0 radical (unpaired) electrons. The molecule has 0 aromatic heterocycles. The van der Waals surface area contributed by atoms with E-state index in [-0.39, 0.29) is 12.5 Å². The Morgan fingerprint density at radius 2 is 2.10 bits per heavy atom. The Kier molecular flexibility index (Phi) is 10.6. The summed E-state index contributed by atoms with van der Waals surface area (Å²) in [6.45, 7) is 6.00. The van der Waals surface area contributed by atoms with E-state index in [4.69, 9.17) is 9.84 Å². The van der Waals surface area contributed by atoms with E-state index in [2.05, 4.69) is 9.24 Å². The second-order valence-corrected chi connectivity index (χ2v) is 5.79. The van der Waals surface area contributed by atoms with E-state index < -0.39 is 11.7 Å². The van der Waals surface area contributed by atoms with Gasteiger partial charge in [-0.1, -0.05) is 30.7 Å². The monoisotopic (exact) mass is 316 g/mol. The van der Waals surface area contributed by atoms with Crippen molar-refractivity contribution in [3.8, 4) is 0 Å². The zero-order chi connectivity index (χ0) is 16.3. The quantitative estimate of drug-likeness (QED) is 0.349. The Morgan fingerprint density at radius 3 is 2.57 bits per heavy atom. The molecule has 0 spiro atoms. The lowest BCUT2D eigenvalue weighted by atomic mass is 9.77. The summed E-state index contributed by atoms with van der Waals surface area (Å²) in [5.41, 5.74) is -0.176. The van der Waals surface area contributed by atoms with Gasteiger partial charge in [0.15, 0.2) is 0 Å². The molecule has 0 aliphatic rings. The van der Waals surface area contributed by atoms with Crippen molar-refractivity contribution in [2.75, 3.05) is 12.8 Å². The summed E-state index contributed by atoms with van der Waals surface area (Å²) in [7, 11) is 2.60. The summed E-state index contributed by atoms with van der Waals surface area (Å²) in [6, 6.07) is 0. The van der Waals surface area contributed by atoms with E-state index in [1.165, 1.54) is 0 Å². The lowest BCUT2D eigenvalue weighted by molar-refractivity contribution is -0.155. The van der Waals surface area contributed by atoms with Crippen molar-refractivity contribution in [1.29, 1.82) is 0 Å². The highest BCUT2D eigenvalue weighted by Crippen LogP contribution is 2.33. The molecular weight excluding hydrogens is 287 g/mol. The van der Waals surface area contributed by atoms with Crippen LogP contribution in [0.5, 0.6) is 0 Å². The molecule has 2 N–H and O–H groups in total. The van der Waals surface area contributed by atoms with E-state index >= 15 is 0 Å². The summed E-state index contributed by atoms with van der Waals surface area (Å²) in [5, 5.41) is 20.2. The van der Waals surface area contributed by atoms with Gasteiger partial charge in [-0.2, -0.15) is 0 Å². The van der Waals surface area contributed by atoms with Gasteiger partial charge in [0.2, 0.25) is 0 Å². The average molecular weight is 316 g/mol. The molecular formula is C16H29O4P. The lowest BCUT2D eigenvalue weighted by Gasteiger charge is -2.38. The molecule has 0 saturated carbocycles. The highest BCUT2D eigenvalue weighted by molar-refractivity contribution is 7.16. The first-order chi connectivity index (χ1) is 9.96. The molecule has 122 valence electrons. The van der Waals surface area contributed by atoms with E-state index in [9.17, 15) is 9.90 Å². The van der Waals surface area contributed by atoms with Crippen molar-refractivity contribution in [3.63, 3.8) is 0 Å². The van der Waals surface area contributed by atoms with Crippen LogP contribution in [0.1, 0.15) is 40.0 Å². The van der Waals surface area contributed by atoms with Gasteiger partial charge in [0.1, 0.15) is 11.7 Å². The standard InChI is InChI=1S/C16H29O4P/c1-4-5-6-13(2)16(19,14(3)20-12-18)11-15(7-9-17)8-10-21/h4-5,8,12-14,17,19H,6-7,9-11,21H2,1-3H3/b5-4+,15-8+. The molecule has 0 aromatic carbocycles. The van der Waals surface area contributed by atoms with Gasteiger partial charge in [0.05, 0.1) is 0 Å². The highest BCUT2D eigenvalue weighted by atomic mass is 31.0. The predicted molar refractivity (Wildman–Crippen MR) is 89.1 cm³/mol. The lowest BCUT2D eigenvalue weighted by Crippen LogP contribution is -2.48. The minimum Gasteiger partial charge on any atom is -0.462 e. The van der Waals surface area contributed by atoms with Gasteiger partial charge in [-0.25, -0.2) is 0 Å². The number of hydrogen-bond donors (Lipinski definition) is 2. The maximum atomic E-state index is 11.1. The second-order valence-electron chi connectivity index (χ2n) is 5.32. The van der Waals surface area contributed by atoms with Crippen molar-refractivity contribution in [1.82, 2.24) is 0 Å². The summed E-state index contributed by atoms with van der Waals surface area (Å²) < 4.78 is 5.02. The van der Waals surface area contributed by atoms with Gasteiger partial charge >= 0.3 is 0 Å².